The maximum absolute atomic E-state index is 2.73. The maximum Gasteiger partial charge on any atom is -1.00 e. The minimum Gasteiger partial charge on any atom is -1.00 e. The van der Waals surface area contributed by atoms with E-state index in [1.807, 2.05) is 0 Å². The van der Waals surface area contributed by atoms with Crippen LogP contribution in [0.15, 0.2) is 0 Å². The Morgan fingerprint density at radius 2 is 2.20 bits per heavy atom. The molecule has 1 unspecified atom stereocenters. The van der Waals surface area contributed by atoms with Crippen LogP contribution in [0.4, 0.5) is 0 Å². The normalized spacial score (nSPS) is 15.2. The van der Waals surface area contributed by atoms with E-state index in [2.05, 4.69) is 30.1 Å². The SMILES string of the molecule is CC[CH](C)[Al+2].[H-].[H-]. The minimum absolute atomic E-state index is 0. The molecule has 0 amide bonds. The van der Waals surface area contributed by atoms with Gasteiger partial charge in [-0.15, -0.1) is 0 Å². The standard InChI is InChI=1S/C4H9.Al.2H/c1-3-4-2;;;/h3H,4H2,1-2H3;;;/q;+2;2*-1. The molecule has 5 heavy (non-hydrogen) atoms. The molecule has 0 aliphatic carbocycles. The largest absolute Gasteiger partial charge is 1.00 e. The summed E-state index contributed by atoms with van der Waals surface area (Å²) in [6.45, 7) is 4.36. The fraction of sp³-hybridized carbons (Fsp3) is 1.00. The van der Waals surface area contributed by atoms with Crippen molar-refractivity contribution in [3.63, 3.8) is 0 Å². The summed E-state index contributed by atoms with van der Waals surface area (Å²) in [7, 11) is 0. The van der Waals surface area contributed by atoms with Crippen LogP contribution in [0.25, 0.3) is 0 Å². The van der Waals surface area contributed by atoms with Crippen molar-refractivity contribution in [3.05, 3.63) is 0 Å². The van der Waals surface area contributed by atoms with Gasteiger partial charge >= 0.3 is 41.3 Å². The van der Waals surface area contributed by atoms with Gasteiger partial charge in [0.1, 0.15) is 0 Å². The van der Waals surface area contributed by atoms with Crippen molar-refractivity contribution in [2.45, 2.75) is 25.0 Å². The molecule has 0 saturated heterocycles. The fourth-order valence-corrected chi connectivity index (χ4v) is 0. The van der Waals surface area contributed by atoms with E-state index in [0.717, 1.165) is 4.78 Å². The average Bonchev–Trinajstić information content (AvgIpc) is 1.38. The molecule has 0 radical (unpaired) electrons. The molecule has 30 valence electrons. The van der Waals surface area contributed by atoms with Crippen LogP contribution < -0.4 is 0 Å². The van der Waals surface area contributed by atoms with E-state index in [1.54, 1.807) is 0 Å². The van der Waals surface area contributed by atoms with Crippen molar-refractivity contribution < 1.29 is 2.85 Å². The van der Waals surface area contributed by atoms with Crippen molar-refractivity contribution >= 4 is 16.3 Å². The smallest absolute Gasteiger partial charge is 1.00 e. The molecule has 0 nitrogen and oxygen atoms in total. The van der Waals surface area contributed by atoms with Crippen molar-refractivity contribution in [1.29, 1.82) is 0 Å². The second kappa shape index (κ2) is 2.75. The summed E-state index contributed by atoms with van der Waals surface area (Å²) in [5.74, 6) is 0. The topological polar surface area (TPSA) is 0 Å². The Morgan fingerprint density at radius 3 is 2.20 bits per heavy atom. The number of hydrogen-bond donors (Lipinski definition) is 0. The second-order valence-electron chi connectivity index (χ2n) is 1.39. The second-order valence-corrected chi connectivity index (χ2v) is 2.52. The van der Waals surface area contributed by atoms with Crippen LogP contribution in [-0.2, 0) is 0 Å². The van der Waals surface area contributed by atoms with E-state index < -0.39 is 0 Å². The number of hydrogen-bond acceptors (Lipinski definition) is 0. The van der Waals surface area contributed by atoms with E-state index in [-0.39, 0.29) is 2.85 Å². The number of rotatable bonds is 1. The fourth-order valence-electron chi connectivity index (χ4n) is 0. The van der Waals surface area contributed by atoms with Gasteiger partial charge in [-0.3, -0.25) is 0 Å². The van der Waals surface area contributed by atoms with Gasteiger partial charge in [0.2, 0.25) is 0 Å². The van der Waals surface area contributed by atoms with Crippen molar-refractivity contribution in [2.24, 2.45) is 0 Å². The van der Waals surface area contributed by atoms with E-state index in [1.165, 1.54) is 6.42 Å². The molecular formula is C4H11Al. The zero-order valence-electron chi connectivity index (χ0n) is 5.86. The molecule has 0 fully saturated rings. The molecule has 0 aromatic carbocycles. The van der Waals surface area contributed by atoms with Gasteiger partial charge < -0.3 is 2.85 Å². The van der Waals surface area contributed by atoms with Crippen LogP contribution in [0.2, 0.25) is 4.78 Å². The van der Waals surface area contributed by atoms with Gasteiger partial charge in [0.05, 0.1) is 0 Å². The zero-order chi connectivity index (χ0) is 4.28. The molecule has 0 aromatic heterocycles. The Kier molecular flexibility index (Phi) is 3.05. The third-order valence-electron chi connectivity index (χ3n) is 0.644. The first-order valence-electron chi connectivity index (χ1n) is 2.03. The van der Waals surface area contributed by atoms with Crippen LogP contribution in [0.1, 0.15) is 23.1 Å². The molecule has 0 N–H and O–H groups in total. The van der Waals surface area contributed by atoms with Crippen LogP contribution in [0.3, 0.4) is 0 Å². The third kappa shape index (κ3) is 4.53. The van der Waals surface area contributed by atoms with Gasteiger partial charge in [-0.05, 0) is 0 Å². The first-order chi connectivity index (χ1) is 2.27. The molecule has 0 rings (SSSR count). The van der Waals surface area contributed by atoms with Crippen LogP contribution in [0.5, 0.6) is 0 Å². The van der Waals surface area contributed by atoms with E-state index in [4.69, 9.17) is 0 Å². The van der Waals surface area contributed by atoms with Gasteiger partial charge in [0.25, 0.3) is 0 Å². The predicted octanol–water partition coefficient (Wildman–Crippen LogP) is 1.60. The van der Waals surface area contributed by atoms with E-state index >= 15 is 0 Å². The molecular weight excluding hydrogens is 75.0 g/mol. The van der Waals surface area contributed by atoms with Gasteiger partial charge in [-0.1, -0.05) is 0 Å². The molecule has 0 aliphatic heterocycles. The summed E-state index contributed by atoms with van der Waals surface area (Å²) in [6, 6.07) is 0. The molecule has 0 bridgehead atoms. The monoisotopic (exact) mass is 86.1 g/mol. The zero-order valence-corrected chi connectivity index (χ0v) is 5.02. The Labute approximate surface area is 45.0 Å². The van der Waals surface area contributed by atoms with Crippen molar-refractivity contribution in [3.8, 4) is 0 Å². The molecule has 0 aromatic rings. The van der Waals surface area contributed by atoms with Gasteiger partial charge in [0, 0.05) is 0 Å². The summed E-state index contributed by atoms with van der Waals surface area (Å²) >= 11 is 2.73. The molecule has 1 heteroatoms. The van der Waals surface area contributed by atoms with Crippen molar-refractivity contribution in [2.75, 3.05) is 0 Å². The van der Waals surface area contributed by atoms with Crippen molar-refractivity contribution in [1.82, 2.24) is 0 Å². The van der Waals surface area contributed by atoms with Gasteiger partial charge in [-0.25, -0.2) is 0 Å². The maximum atomic E-state index is 2.73. The molecule has 1 atom stereocenters. The van der Waals surface area contributed by atoms with E-state index in [9.17, 15) is 0 Å². The average molecular weight is 86.1 g/mol. The molecule has 0 heterocycles. The summed E-state index contributed by atoms with van der Waals surface area (Å²) in [6.07, 6.45) is 1.27. The first-order valence-corrected chi connectivity index (χ1v) is 2.69. The van der Waals surface area contributed by atoms with E-state index in [0.29, 0.717) is 0 Å². The van der Waals surface area contributed by atoms with Crippen LogP contribution in [0, 0.1) is 0 Å². The summed E-state index contributed by atoms with van der Waals surface area (Å²) in [5, 5.41) is 0. The Morgan fingerprint density at radius 1 is 2.00 bits per heavy atom. The minimum atomic E-state index is 0. The summed E-state index contributed by atoms with van der Waals surface area (Å²) < 4.78 is 0.801. The third-order valence-corrected chi connectivity index (χ3v) is 1.12. The van der Waals surface area contributed by atoms with Crippen LogP contribution >= 0.6 is 0 Å². The predicted molar refractivity (Wildman–Crippen MR) is 27.7 cm³/mol. The quantitative estimate of drug-likeness (QED) is 0.425. The van der Waals surface area contributed by atoms with Crippen LogP contribution in [-0.4, -0.2) is 16.3 Å². The molecule has 0 spiro atoms. The Hall–Kier alpha value is 0.532. The molecule has 0 aliphatic rings. The van der Waals surface area contributed by atoms with Gasteiger partial charge in [0.15, 0.2) is 0 Å². The molecule has 0 saturated carbocycles. The summed E-state index contributed by atoms with van der Waals surface area (Å²) in [5.41, 5.74) is 0. The Balaban J connectivity index is -0.0000000800. The Bertz CT molecular complexity index is 23.7. The first kappa shape index (κ1) is 5.53. The van der Waals surface area contributed by atoms with Gasteiger partial charge in [-0.2, -0.15) is 0 Å². The summed E-state index contributed by atoms with van der Waals surface area (Å²) in [4.78, 5) is 0.